The Bertz CT molecular complexity index is 629. The van der Waals surface area contributed by atoms with E-state index in [1.807, 2.05) is 30.3 Å². The van der Waals surface area contributed by atoms with E-state index in [0.29, 0.717) is 17.9 Å². The lowest BCUT2D eigenvalue weighted by Crippen LogP contribution is -2.08. The van der Waals surface area contributed by atoms with E-state index in [2.05, 4.69) is 27.9 Å². The topological polar surface area (TPSA) is 64.3 Å². The number of hydrogen-bond acceptors (Lipinski definition) is 4. The molecule has 3 N–H and O–H groups in total. The Balaban J connectivity index is 2.28. The van der Waals surface area contributed by atoms with Crippen molar-refractivity contribution in [2.24, 2.45) is 0 Å². The first kappa shape index (κ1) is 14.6. The van der Waals surface area contributed by atoms with E-state index in [-0.39, 0.29) is 0 Å². The van der Waals surface area contributed by atoms with Gasteiger partial charge in [-0.15, -0.1) is 0 Å². The standard InChI is InChI=1S/C15H15IN2O2/c1-2-20-15(19)11-9-10(7-8-13(11)17)18-14-6-4-3-5-12(14)16/h3-9,18H,2,17H2,1H3. The molecule has 2 rings (SSSR count). The van der Waals surface area contributed by atoms with Gasteiger partial charge in [0.1, 0.15) is 0 Å². The van der Waals surface area contributed by atoms with Crippen molar-refractivity contribution in [2.45, 2.75) is 6.92 Å². The van der Waals surface area contributed by atoms with Crippen molar-refractivity contribution in [3.8, 4) is 0 Å². The van der Waals surface area contributed by atoms with Gasteiger partial charge in [0.2, 0.25) is 0 Å². The van der Waals surface area contributed by atoms with Gasteiger partial charge in [-0.3, -0.25) is 0 Å². The second-order valence-electron chi connectivity index (χ2n) is 4.13. The maximum absolute atomic E-state index is 11.8. The zero-order valence-electron chi connectivity index (χ0n) is 11.0. The SMILES string of the molecule is CCOC(=O)c1cc(Nc2ccccc2I)ccc1N. The summed E-state index contributed by atoms with van der Waals surface area (Å²) in [5, 5.41) is 3.27. The summed E-state index contributed by atoms with van der Waals surface area (Å²) in [7, 11) is 0. The summed E-state index contributed by atoms with van der Waals surface area (Å²) in [5.74, 6) is -0.406. The number of carbonyl (C=O) groups is 1. The van der Waals surface area contributed by atoms with Gasteiger partial charge < -0.3 is 15.8 Å². The zero-order valence-corrected chi connectivity index (χ0v) is 13.2. The molecule has 0 amide bonds. The molecular weight excluding hydrogens is 367 g/mol. The number of anilines is 3. The molecule has 2 aromatic carbocycles. The highest BCUT2D eigenvalue weighted by atomic mass is 127. The molecule has 2 aromatic rings. The van der Waals surface area contributed by atoms with Crippen molar-refractivity contribution < 1.29 is 9.53 Å². The monoisotopic (exact) mass is 382 g/mol. The van der Waals surface area contributed by atoms with Crippen LogP contribution in [0.1, 0.15) is 17.3 Å². The summed E-state index contributed by atoms with van der Waals surface area (Å²) in [4.78, 5) is 11.8. The number of benzene rings is 2. The predicted octanol–water partition coefficient (Wildman–Crippen LogP) is 3.79. The molecular formula is C15H15IN2O2. The van der Waals surface area contributed by atoms with Gasteiger partial charge in [-0.2, -0.15) is 0 Å². The van der Waals surface area contributed by atoms with Crippen molar-refractivity contribution in [3.05, 3.63) is 51.6 Å². The lowest BCUT2D eigenvalue weighted by molar-refractivity contribution is 0.0527. The highest BCUT2D eigenvalue weighted by Gasteiger charge is 2.11. The van der Waals surface area contributed by atoms with Gasteiger partial charge in [-0.25, -0.2) is 4.79 Å². The molecule has 0 radical (unpaired) electrons. The molecule has 0 unspecified atom stereocenters. The van der Waals surface area contributed by atoms with E-state index in [4.69, 9.17) is 10.5 Å². The minimum absolute atomic E-state index is 0.326. The van der Waals surface area contributed by atoms with Gasteiger partial charge in [-0.05, 0) is 59.8 Å². The molecule has 0 saturated heterocycles. The van der Waals surface area contributed by atoms with Crippen LogP contribution in [0.3, 0.4) is 0 Å². The maximum Gasteiger partial charge on any atom is 0.340 e. The third kappa shape index (κ3) is 3.41. The second-order valence-corrected chi connectivity index (χ2v) is 5.29. The molecule has 0 bridgehead atoms. The van der Waals surface area contributed by atoms with Crippen molar-refractivity contribution in [3.63, 3.8) is 0 Å². The number of nitrogens with one attached hydrogen (secondary N) is 1. The number of carbonyl (C=O) groups excluding carboxylic acids is 1. The molecule has 4 nitrogen and oxygen atoms in total. The molecule has 0 aromatic heterocycles. The van der Waals surface area contributed by atoms with Crippen LogP contribution in [0.15, 0.2) is 42.5 Å². The number of hydrogen-bond donors (Lipinski definition) is 2. The first-order valence-corrected chi connectivity index (χ1v) is 7.28. The molecule has 0 aliphatic carbocycles. The van der Waals surface area contributed by atoms with Crippen molar-refractivity contribution >= 4 is 45.6 Å². The average Bonchev–Trinajstić information content (AvgIpc) is 2.43. The van der Waals surface area contributed by atoms with Crippen molar-refractivity contribution in [1.29, 1.82) is 0 Å². The lowest BCUT2D eigenvalue weighted by atomic mass is 10.1. The summed E-state index contributed by atoms with van der Waals surface area (Å²) in [5.41, 5.74) is 8.38. The zero-order chi connectivity index (χ0) is 14.5. The van der Waals surface area contributed by atoms with Crippen LogP contribution in [0, 0.1) is 3.57 Å². The Kier molecular flexibility index (Phi) is 4.84. The average molecular weight is 382 g/mol. The summed E-state index contributed by atoms with van der Waals surface area (Å²) >= 11 is 2.25. The third-order valence-electron chi connectivity index (χ3n) is 2.70. The minimum Gasteiger partial charge on any atom is -0.462 e. The molecule has 0 spiro atoms. The molecule has 104 valence electrons. The molecule has 0 saturated carbocycles. The molecule has 0 atom stereocenters. The van der Waals surface area contributed by atoms with Gasteiger partial charge in [0, 0.05) is 14.9 Å². The number of para-hydroxylation sites is 1. The van der Waals surface area contributed by atoms with E-state index in [1.54, 1.807) is 19.1 Å². The first-order chi connectivity index (χ1) is 9.61. The van der Waals surface area contributed by atoms with Crippen molar-refractivity contribution in [1.82, 2.24) is 0 Å². The fourth-order valence-corrected chi connectivity index (χ4v) is 2.26. The Hall–Kier alpha value is -1.76. The molecule has 0 heterocycles. The Morgan fingerprint density at radius 3 is 2.75 bits per heavy atom. The van der Waals surface area contributed by atoms with Crippen LogP contribution < -0.4 is 11.1 Å². The third-order valence-corrected chi connectivity index (χ3v) is 3.64. The normalized spacial score (nSPS) is 10.1. The van der Waals surface area contributed by atoms with Gasteiger partial charge >= 0.3 is 5.97 Å². The highest BCUT2D eigenvalue weighted by Crippen LogP contribution is 2.25. The largest absolute Gasteiger partial charge is 0.462 e. The van der Waals surface area contributed by atoms with Crippen molar-refractivity contribution in [2.75, 3.05) is 17.7 Å². The second kappa shape index (κ2) is 6.60. The minimum atomic E-state index is -0.406. The number of halogens is 1. The summed E-state index contributed by atoms with van der Waals surface area (Å²) < 4.78 is 6.09. The number of nitrogens with two attached hydrogens (primary N) is 1. The number of esters is 1. The number of rotatable bonds is 4. The number of nitrogen functional groups attached to an aromatic ring is 1. The van der Waals surface area contributed by atoms with Crippen LogP contribution >= 0.6 is 22.6 Å². The van der Waals surface area contributed by atoms with Gasteiger partial charge in [0.15, 0.2) is 0 Å². The Morgan fingerprint density at radius 2 is 2.05 bits per heavy atom. The van der Waals surface area contributed by atoms with Gasteiger partial charge in [-0.1, -0.05) is 12.1 Å². The maximum atomic E-state index is 11.8. The Morgan fingerprint density at radius 1 is 1.30 bits per heavy atom. The summed E-state index contributed by atoms with van der Waals surface area (Å²) in [6, 6.07) is 13.1. The van der Waals surface area contributed by atoms with Crippen LogP contribution in [0.5, 0.6) is 0 Å². The van der Waals surface area contributed by atoms with E-state index < -0.39 is 5.97 Å². The van der Waals surface area contributed by atoms with Crippen LogP contribution in [0.4, 0.5) is 17.1 Å². The van der Waals surface area contributed by atoms with Crippen LogP contribution in [-0.2, 0) is 4.74 Å². The quantitative estimate of drug-likeness (QED) is 0.480. The summed E-state index contributed by atoms with van der Waals surface area (Å²) in [6.07, 6.45) is 0. The first-order valence-electron chi connectivity index (χ1n) is 6.20. The smallest absolute Gasteiger partial charge is 0.340 e. The fraction of sp³-hybridized carbons (Fsp3) is 0.133. The van der Waals surface area contributed by atoms with E-state index in [9.17, 15) is 4.79 Å². The van der Waals surface area contributed by atoms with Gasteiger partial charge in [0.05, 0.1) is 17.9 Å². The van der Waals surface area contributed by atoms with Crippen LogP contribution in [0.25, 0.3) is 0 Å². The van der Waals surface area contributed by atoms with E-state index in [1.165, 1.54) is 0 Å². The highest BCUT2D eigenvalue weighted by molar-refractivity contribution is 14.1. The fourth-order valence-electron chi connectivity index (χ4n) is 1.74. The molecule has 0 aliphatic rings. The van der Waals surface area contributed by atoms with E-state index in [0.717, 1.165) is 14.9 Å². The predicted molar refractivity (Wildman–Crippen MR) is 89.3 cm³/mol. The Labute approximate surface area is 131 Å². The molecule has 0 fully saturated rings. The molecule has 0 aliphatic heterocycles. The van der Waals surface area contributed by atoms with Gasteiger partial charge in [0.25, 0.3) is 0 Å². The summed E-state index contributed by atoms with van der Waals surface area (Å²) in [6.45, 7) is 2.09. The van der Waals surface area contributed by atoms with E-state index >= 15 is 0 Å². The van der Waals surface area contributed by atoms with Crippen LogP contribution in [-0.4, -0.2) is 12.6 Å². The molecule has 5 heteroatoms. The lowest BCUT2D eigenvalue weighted by Gasteiger charge is -2.11. The molecule has 20 heavy (non-hydrogen) atoms. The number of ether oxygens (including phenoxy) is 1. The van der Waals surface area contributed by atoms with Crippen LogP contribution in [0.2, 0.25) is 0 Å².